The molecule has 0 bridgehead atoms. The van der Waals surface area contributed by atoms with E-state index in [9.17, 15) is 13.2 Å². The Labute approximate surface area is 80.5 Å². The van der Waals surface area contributed by atoms with Crippen molar-refractivity contribution in [2.45, 2.75) is 44.7 Å². The number of hydrogen-bond donors (Lipinski definition) is 0. The van der Waals surface area contributed by atoms with E-state index in [1.807, 2.05) is 13.8 Å². The van der Waals surface area contributed by atoms with Gasteiger partial charge in [-0.25, -0.2) is 13.2 Å². The molecule has 4 unspecified atom stereocenters. The lowest BCUT2D eigenvalue weighted by Gasteiger charge is -2.26. The van der Waals surface area contributed by atoms with Crippen LogP contribution in [0.5, 0.6) is 0 Å². The average Bonchev–Trinajstić information content (AvgIpc) is 2.25. The van der Waals surface area contributed by atoms with Crippen molar-refractivity contribution in [2.24, 2.45) is 5.92 Å². The summed E-state index contributed by atoms with van der Waals surface area (Å²) in [6, 6.07) is 0. The maximum atomic E-state index is 13.3. The maximum Gasteiger partial charge on any atom is 0.176 e. The zero-order valence-electron chi connectivity index (χ0n) is 8.41. The molecule has 1 aliphatic carbocycles. The first-order valence-corrected chi connectivity index (χ1v) is 5.22. The molecule has 0 heterocycles. The summed E-state index contributed by atoms with van der Waals surface area (Å²) in [5.41, 5.74) is -2.27. The third-order valence-corrected chi connectivity index (χ3v) is 3.03. The molecule has 0 N–H and O–H groups in total. The number of hydrogen-bond acceptors (Lipinski definition) is 0. The summed E-state index contributed by atoms with van der Waals surface area (Å²) in [6.07, 6.45) is 0.0849. The van der Waals surface area contributed by atoms with Gasteiger partial charge in [0.2, 0.25) is 0 Å². The SMILES string of the molecule is CC.CC1CC(F)(P)C(F)(CF)C1. The monoisotopic (exact) mass is 214 g/mol. The average molecular weight is 214 g/mol. The summed E-state index contributed by atoms with van der Waals surface area (Å²) in [7, 11) is 1.79. The lowest BCUT2D eigenvalue weighted by molar-refractivity contribution is 0.0284. The van der Waals surface area contributed by atoms with Gasteiger partial charge in [0, 0.05) is 0 Å². The Balaban J connectivity index is 0.000000671. The molecule has 0 saturated heterocycles. The van der Waals surface area contributed by atoms with Crippen LogP contribution < -0.4 is 0 Å². The number of alkyl halides is 3. The third-order valence-electron chi connectivity index (χ3n) is 2.27. The second-order valence-corrected chi connectivity index (χ2v) is 4.39. The lowest BCUT2D eigenvalue weighted by Crippen LogP contribution is -2.39. The van der Waals surface area contributed by atoms with Crippen LogP contribution in [0.4, 0.5) is 13.2 Å². The van der Waals surface area contributed by atoms with E-state index in [0.29, 0.717) is 0 Å². The van der Waals surface area contributed by atoms with Gasteiger partial charge in [-0.05, 0) is 18.8 Å². The second kappa shape index (κ2) is 4.63. The normalized spacial score (nSPS) is 44.1. The van der Waals surface area contributed by atoms with E-state index in [0.717, 1.165) is 0 Å². The van der Waals surface area contributed by atoms with Crippen LogP contribution in [0.25, 0.3) is 0 Å². The zero-order valence-corrected chi connectivity index (χ0v) is 9.56. The Kier molecular flexibility index (Phi) is 4.71. The van der Waals surface area contributed by atoms with Crippen LogP contribution in [0.1, 0.15) is 33.6 Å². The summed E-state index contributed by atoms with van der Waals surface area (Å²) in [4.78, 5) is 0. The smallest absolute Gasteiger partial charge is 0.176 e. The van der Waals surface area contributed by atoms with Crippen LogP contribution in [0.15, 0.2) is 0 Å². The van der Waals surface area contributed by atoms with Crippen LogP contribution in [0.3, 0.4) is 0 Å². The van der Waals surface area contributed by atoms with Gasteiger partial charge in [-0.15, -0.1) is 0 Å². The van der Waals surface area contributed by atoms with Crippen molar-refractivity contribution < 1.29 is 13.2 Å². The van der Waals surface area contributed by atoms with Gasteiger partial charge in [0.05, 0.1) is 0 Å². The van der Waals surface area contributed by atoms with E-state index in [1.54, 1.807) is 16.2 Å². The van der Waals surface area contributed by atoms with Crippen molar-refractivity contribution in [3.8, 4) is 0 Å². The van der Waals surface area contributed by atoms with Gasteiger partial charge in [-0.3, -0.25) is 0 Å². The largest absolute Gasteiger partial charge is 0.247 e. The Bertz CT molecular complexity index is 161. The van der Waals surface area contributed by atoms with Gasteiger partial charge >= 0.3 is 0 Å². The molecule has 1 aliphatic rings. The molecule has 0 amide bonds. The highest BCUT2D eigenvalue weighted by Gasteiger charge is 2.56. The highest BCUT2D eigenvalue weighted by Crippen LogP contribution is 2.52. The van der Waals surface area contributed by atoms with E-state index in [2.05, 4.69) is 0 Å². The molecule has 1 saturated carbocycles. The molecule has 0 aromatic rings. The van der Waals surface area contributed by atoms with Crippen LogP contribution in [0.2, 0.25) is 0 Å². The highest BCUT2D eigenvalue weighted by atomic mass is 31.0. The fourth-order valence-electron chi connectivity index (χ4n) is 1.65. The van der Waals surface area contributed by atoms with Crippen molar-refractivity contribution >= 4 is 9.24 Å². The van der Waals surface area contributed by atoms with Crippen molar-refractivity contribution in [3.05, 3.63) is 0 Å². The first-order valence-electron chi connectivity index (χ1n) is 4.64. The molecule has 0 aromatic carbocycles. The molecular weight excluding hydrogens is 196 g/mol. The third kappa shape index (κ3) is 2.59. The van der Waals surface area contributed by atoms with Crippen LogP contribution in [0, 0.1) is 5.92 Å². The molecule has 0 nitrogen and oxygen atoms in total. The van der Waals surface area contributed by atoms with E-state index < -0.39 is 17.8 Å². The minimum absolute atomic E-state index is 0.0104. The van der Waals surface area contributed by atoms with Gasteiger partial charge < -0.3 is 0 Å². The van der Waals surface area contributed by atoms with Crippen molar-refractivity contribution in [2.75, 3.05) is 6.67 Å². The molecule has 1 fully saturated rings. The molecule has 4 atom stereocenters. The summed E-state index contributed by atoms with van der Waals surface area (Å²) in [6.45, 7) is 4.51. The molecule has 13 heavy (non-hydrogen) atoms. The topological polar surface area (TPSA) is 0 Å². The summed E-state index contributed by atoms with van der Waals surface area (Å²) in [5.74, 6) is -0.0711. The van der Waals surface area contributed by atoms with Crippen molar-refractivity contribution in [1.29, 1.82) is 0 Å². The van der Waals surface area contributed by atoms with Gasteiger partial charge in [-0.1, -0.05) is 30.0 Å². The van der Waals surface area contributed by atoms with Gasteiger partial charge in [-0.2, -0.15) is 0 Å². The lowest BCUT2D eigenvalue weighted by atomic mass is 10.0. The van der Waals surface area contributed by atoms with Gasteiger partial charge in [0.25, 0.3) is 0 Å². The minimum Gasteiger partial charge on any atom is -0.247 e. The quantitative estimate of drug-likeness (QED) is 0.584. The minimum atomic E-state index is -2.27. The van der Waals surface area contributed by atoms with Crippen LogP contribution >= 0.6 is 9.24 Å². The highest BCUT2D eigenvalue weighted by molar-refractivity contribution is 7.18. The first kappa shape index (κ1) is 13.2. The molecule has 80 valence electrons. The van der Waals surface area contributed by atoms with Gasteiger partial charge in [0.1, 0.15) is 6.67 Å². The van der Waals surface area contributed by atoms with E-state index in [-0.39, 0.29) is 18.8 Å². The molecule has 0 spiro atoms. The van der Waals surface area contributed by atoms with E-state index >= 15 is 0 Å². The first-order chi connectivity index (χ1) is 5.91. The predicted octanol–water partition coefficient (Wildman–Crippen LogP) is 3.66. The Morgan fingerprint density at radius 1 is 1.31 bits per heavy atom. The molecular formula is C9H18F3P. The molecule has 1 rings (SSSR count). The van der Waals surface area contributed by atoms with Crippen LogP contribution in [-0.4, -0.2) is 17.8 Å². The van der Waals surface area contributed by atoms with Crippen LogP contribution in [-0.2, 0) is 0 Å². The van der Waals surface area contributed by atoms with Gasteiger partial charge in [0.15, 0.2) is 11.1 Å². The molecule has 0 aromatic heterocycles. The van der Waals surface area contributed by atoms with E-state index in [4.69, 9.17) is 0 Å². The predicted molar refractivity (Wildman–Crippen MR) is 53.1 cm³/mol. The standard InChI is InChI=1S/C7H12F3P.C2H6/c1-5-2-6(9,4-8)7(10,11)3-5;1-2/h5H,2-4,11H2,1H3;1-2H3. The zero-order chi connectivity index (χ0) is 10.7. The molecule has 0 aliphatic heterocycles. The molecule has 4 heteroatoms. The number of rotatable bonds is 1. The Morgan fingerprint density at radius 3 is 1.92 bits per heavy atom. The summed E-state index contributed by atoms with van der Waals surface area (Å²) >= 11 is 0. The second-order valence-electron chi connectivity index (χ2n) is 3.47. The Morgan fingerprint density at radius 2 is 1.77 bits per heavy atom. The maximum absolute atomic E-state index is 13.3. The molecule has 0 radical (unpaired) electrons. The van der Waals surface area contributed by atoms with Crippen molar-refractivity contribution in [1.82, 2.24) is 0 Å². The summed E-state index contributed by atoms with van der Waals surface area (Å²) in [5, 5.41) is -2.05. The fraction of sp³-hybridized carbons (Fsp3) is 1.00. The fourth-order valence-corrected chi connectivity index (χ4v) is 2.25. The van der Waals surface area contributed by atoms with Crippen molar-refractivity contribution in [3.63, 3.8) is 0 Å². The summed E-state index contributed by atoms with van der Waals surface area (Å²) < 4.78 is 38.7. The Hall–Kier alpha value is 0.220. The number of halogens is 3. The van der Waals surface area contributed by atoms with E-state index in [1.165, 1.54) is 0 Å².